The van der Waals surface area contributed by atoms with Crippen LogP contribution in [0.1, 0.15) is 11.1 Å². The molecule has 0 saturated heterocycles. The largest absolute Gasteiger partial charge is 1.00 e. The van der Waals surface area contributed by atoms with Gasteiger partial charge in [-0.1, -0.05) is 35.9 Å². The first-order valence-corrected chi connectivity index (χ1v) is 6.73. The molecule has 104 valence electrons. The molecular formula is C17H19IN2. The Morgan fingerprint density at radius 2 is 1.60 bits per heavy atom. The Hall–Kier alpha value is -1.36. The van der Waals surface area contributed by atoms with Crippen LogP contribution in [0.4, 0.5) is 5.69 Å². The SMILES string of the molecule is Cc1ccc(N2CC[N+](C)=C2c2ccccc2)cc1.[I-]. The van der Waals surface area contributed by atoms with Crippen molar-refractivity contribution in [3.8, 4) is 0 Å². The predicted molar refractivity (Wildman–Crippen MR) is 80.1 cm³/mol. The lowest BCUT2D eigenvalue weighted by Gasteiger charge is -2.13. The first-order valence-electron chi connectivity index (χ1n) is 6.73. The van der Waals surface area contributed by atoms with Gasteiger partial charge in [-0.3, -0.25) is 4.58 Å². The molecule has 0 radical (unpaired) electrons. The molecule has 0 fully saturated rings. The standard InChI is InChI=1S/C17H19N2.HI/c1-14-8-10-16(11-9-14)19-13-12-18(2)17(19)15-6-4-3-5-7-15;/h3-11H,12-13H2,1-2H3;1H/q+1;/p-1. The molecule has 0 spiro atoms. The second-order valence-electron chi connectivity index (χ2n) is 5.10. The van der Waals surface area contributed by atoms with Gasteiger partial charge in [-0.05, 0) is 31.2 Å². The molecule has 0 aliphatic carbocycles. The summed E-state index contributed by atoms with van der Waals surface area (Å²) >= 11 is 0. The first-order chi connectivity index (χ1) is 9.25. The van der Waals surface area contributed by atoms with Crippen LogP contribution in [0.5, 0.6) is 0 Å². The highest BCUT2D eigenvalue weighted by atomic mass is 127. The topological polar surface area (TPSA) is 6.25 Å². The Bertz CT molecular complexity index is 603. The van der Waals surface area contributed by atoms with Crippen molar-refractivity contribution >= 4 is 11.5 Å². The molecule has 0 bridgehead atoms. The fourth-order valence-corrected chi connectivity index (χ4v) is 2.61. The lowest BCUT2D eigenvalue weighted by Crippen LogP contribution is -3.00. The monoisotopic (exact) mass is 378 g/mol. The van der Waals surface area contributed by atoms with Crippen LogP contribution >= 0.6 is 0 Å². The number of hydrogen-bond donors (Lipinski definition) is 0. The highest BCUT2D eigenvalue weighted by Crippen LogP contribution is 2.20. The Kier molecular flexibility index (Phi) is 4.81. The summed E-state index contributed by atoms with van der Waals surface area (Å²) in [6.45, 7) is 4.24. The van der Waals surface area contributed by atoms with E-state index in [0.29, 0.717) is 0 Å². The number of likely N-dealkylation sites (N-methyl/N-ethyl adjacent to an activating group) is 1. The summed E-state index contributed by atoms with van der Waals surface area (Å²) in [6.07, 6.45) is 0. The van der Waals surface area contributed by atoms with Gasteiger partial charge >= 0.3 is 0 Å². The Balaban J connectivity index is 0.00000147. The third kappa shape index (κ3) is 2.87. The summed E-state index contributed by atoms with van der Waals surface area (Å²) in [7, 11) is 2.16. The summed E-state index contributed by atoms with van der Waals surface area (Å²) in [5.74, 6) is 1.30. The fourth-order valence-electron chi connectivity index (χ4n) is 2.61. The van der Waals surface area contributed by atoms with Gasteiger partial charge in [0.05, 0.1) is 12.6 Å². The van der Waals surface area contributed by atoms with Gasteiger partial charge in [0, 0.05) is 0 Å². The molecular weight excluding hydrogens is 359 g/mol. The average Bonchev–Trinajstić information content (AvgIpc) is 2.82. The smallest absolute Gasteiger partial charge is 0.284 e. The normalized spacial score (nSPS) is 14.4. The lowest BCUT2D eigenvalue weighted by molar-refractivity contribution is -0.485. The van der Waals surface area contributed by atoms with E-state index in [1.54, 1.807) is 0 Å². The number of aryl methyl sites for hydroxylation is 1. The van der Waals surface area contributed by atoms with Crippen LogP contribution in [-0.2, 0) is 0 Å². The van der Waals surface area contributed by atoms with Crippen molar-refractivity contribution in [2.75, 3.05) is 25.0 Å². The maximum absolute atomic E-state index is 2.40. The number of halogens is 1. The number of rotatable bonds is 2. The van der Waals surface area contributed by atoms with Crippen LogP contribution in [0.3, 0.4) is 0 Å². The van der Waals surface area contributed by atoms with Crippen molar-refractivity contribution in [1.82, 2.24) is 0 Å². The van der Waals surface area contributed by atoms with Crippen LogP contribution in [-0.4, -0.2) is 30.5 Å². The minimum absolute atomic E-state index is 0. The summed E-state index contributed by atoms with van der Waals surface area (Å²) in [6, 6.07) is 19.4. The molecule has 0 saturated carbocycles. The van der Waals surface area contributed by atoms with Crippen molar-refractivity contribution < 1.29 is 28.6 Å². The van der Waals surface area contributed by atoms with E-state index in [1.807, 2.05) is 0 Å². The van der Waals surface area contributed by atoms with Gasteiger partial charge in [0.25, 0.3) is 5.84 Å². The van der Waals surface area contributed by atoms with Crippen LogP contribution in [0.2, 0.25) is 0 Å². The first kappa shape index (κ1) is 15.0. The molecule has 0 aromatic heterocycles. The van der Waals surface area contributed by atoms with Gasteiger partial charge in [0.1, 0.15) is 18.8 Å². The lowest BCUT2D eigenvalue weighted by atomic mass is 10.1. The molecule has 2 aromatic carbocycles. The highest BCUT2D eigenvalue weighted by Gasteiger charge is 2.31. The molecule has 0 N–H and O–H groups in total. The van der Waals surface area contributed by atoms with Crippen LogP contribution in [0, 0.1) is 6.92 Å². The van der Waals surface area contributed by atoms with E-state index in [1.165, 1.54) is 22.6 Å². The van der Waals surface area contributed by atoms with Crippen molar-refractivity contribution in [3.05, 3.63) is 65.7 Å². The van der Waals surface area contributed by atoms with Crippen molar-refractivity contribution in [2.24, 2.45) is 0 Å². The van der Waals surface area contributed by atoms with Gasteiger partial charge in [0.15, 0.2) is 0 Å². The quantitative estimate of drug-likeness (QED) is 0.523. The third-order valence-corrected chi connectivity index (χ3v) is 3.65. The number of anilines is 1. The summed E-state index contributed by atoms with van der Waals surface area (Å²) in [5, 5.41) is 0. The molecule has 0 atom stereocenters. The van der Waals surface area contributed by atoms with E-state index in [-0.39, 0.29) is 24.0 Å². The van der Waals surface area contributed by atoms with E-state index >= 15 is 0 Å². The van der Waals surface area contributed by atoms with E-state index in [2.05, 4.69) is 78.0 Å². The zero-order valence-electron chi connectivity index (χ0n) is 11.9. The second kappa shape index (κ2) is 6.39. The van der Waals surface area contributed by atoms with E-state index in [4.69, 9.17) is 0 Å². The molecule has 2 nitrogen and oxygen atoms in total. The van der Waals surface area contributed by atoms with Crippen LogP contribution < -0.4 is 28.9 Å². The maximum Gasteiger partial charge on any atom is 0.284 e. The fraction of sp³-hybridized carbons (Fsp3) is 0.235. The minimum atomic E-state index is 0. The molecule has 3 rings (SSSR count). The summed E-state index contributed by atoms with van der Waals surface area (Å²) in [5.41, 5.74) is 3.86. The van der Waals surface area contributed by atoms with E-state index in [0.717, 1.165) is 13.1 Å². The van der Waals surface area contributed by atoms with E-state index in [9.17, 15) is 0 Å². The molecule has 20 heavy (non-hydrogen) atoms. The number of amidine groups is 1. The highest BCUT2D eigenvalue weighted by molar-refractivity contribution is 6.07. The minimum Gasteiger partial charge on any atom is -1.00 e. The third-order valence-electron chi connectivity index (χ3n) is 3.65. The average molecular weight is 378 g/mol. The summed E-state index contributed by atoms with van der Waals surface area (Å²) < 4.78 is 2.33. The van der Waals surface area contributed by atoms with Crippen molar-refractivity contribution in [1.29, 1.82) is 0 Å². The molecule has 1 heterocycles. The second-order valence-corrected chi connectivity index (χ2v) is 5.10. The maximum atomic E-state index is 2.40. The number of nitrogens with zero attached hydrogens (tertiary/aromatic N) is 2. The van der Waals surface area contributed by atoms with Gasteiger partial charge in [-0.2, -0.15) is 0 Å². The van der Waals surface area contributed by atoms with Gasteiger partial charge < -0.3 is 24.0 Å². The van der Waals surface area contributed by atoms with Gasteiger partial charge in [0.2, 0.25) is 0 Å². The Morgan fingerprint density at radius 3 is 2.25 bits per heavy atom. The molecule has 1 aliphatic rings. The zero-order valence-corrected chi connectivity index (χ0v) is 14.0. The van der Waals surface area contributed by atoms with Crippen molar-refractivity contribution in [3.63, 3.8) is 0 Å². The Morgan fingerprint density at radius 1 is 0.950 bits per heavy atom. The zero-order chi connectivity index (χ0) is 13.2. The van der Waals surface area contributed by atoms with E-state index < -0.39 is 0 Å². The van der Waals surface area contributed by atoms with Crippen molar-refractivity contribution in [2.45, 2.75) is 6.92 Å². The van der Waals surface area contributed by atoms with Gasteiger partial charge in [-0.25, -0.2) is 4.90 Å². The molecule has 0 amide bonds. The molecule has 1 aliphatic heterocycles. The van der Waals surface area contributed by atoms with Crippen LogP contribution in [0.25, 0.3) is 0 Å². The Labute approximate surface area is 137 Å². The molecule has 2 aromatic rings. The number of hydrogen-bond acceptors (Lipinski definition) is 1. The molecule has 3 heteroatoms. The number of benzene rings is 2. The predicted octanol–water partition coefficient (Wildman–Crippen LogP) is -0.0919. The van der Waals surface area contributed by atoms with Crippen LogP contribution in [0.15, 0.2) is 54.6 Å². The van der Waals surface area contributed by atoms with Gasteiger partial charge in [-0.15, -0.1) is 0 Å². The molecule has 0 unspecified atom stereocenters. The summed E-state index contributed by atoms with van der Waals surface area (Å²) in [4.78, 5) is 2.40.